The van der Waals surface area contributed by atoms with Gasteiger partial charge in [0.2, 0.25) is 10.0 Å². The fourth-order valence-electron chi connectivity index (χ4n) is 2.91. The van der Waals surface area contributed by atoms with E-state index in [0.29, 0.717) is 28.1 Å². The van der Waals surface area contributed by atoms with Crippen LogP contribution < -0.4 is 9.62 Å². The molecule has 9 heteroatoms. The number of rotatable bonds is 8. The smallest absolute Gasteiger partial charge is 0.284 e. The normalized spacial score (nSPS) is 11.3. The number of amides is 1. The summed E-state index contributed by atoms with van der Waals surface area (Å²) in [6.07, 6.45) is 1.72. The molecule has 30 heavy (non-hydrogen) atoms. The molecule has 0 radical (unpaired) electrons. The lowest BCUT2D eigenvalue weighted by atomic mass is 10.1. The largest absolute Gasteiger partial charge is 0.343 e. The van der Waals surface area contributed by atoms with Gasteiger partial charge in [-0.3, -0.25) is 4.79 Å². The van der Waals surface area contributed by atoms with Crippen molar-refractivity contribution >= 4 is 44.0 Å². The summed E-state index contributed by atoms with van der Waals surface area (Å²) in [7, 11) is -3.66. The zero-order chi connectivity index (χ0) is 21.7. The lowest BCUT2D eigenvalue weighted by Gasteiger charge is -2.22. The predicted molar refractivity (Wildman–Crippen MR) is 122 cm³/mol. The first-order chi connectivity index (χ1) is 14.2. The number of halogens is 1. The maximum atomic E-state index is 12.3. The highest BCUT2D eigenvalue weighted by Gasteiger charge is 2.21. The average molecular weight is 464 g/mol. The molecule has 1 aromatic heterocycles. The van der Waals surface area contributed by atoms with E-state index in [1.54, 1.807) is 6.92 Å². The van der Waals surface area contributed by atoms with Crippen molar-refractivity contribution in [3.63, 3.8) is 0 Å². The molecule has 0 fully saturated rings. The van der Waals surface area contributed by atoms with Gasteiger partial charge >= 0.3 is 0 Å². The number of hydrogen-bond donors (Lipinski definition) is 1. The Hall–Kier alpha value is -2.42. The van der Waals surface area contributed by atoms with Crippen LogP contribution in [0.15, 0.2) is 54.6 Å². The molecule has 0 saturated carbocycles. The van der Waals surface area contributed by atoms with E-state index in [1.807, 2.05) is 59.3 Å². The van der Waals surface area contributed by atoms with E-state index in [0.717, 1.165) is 23.8 Å². The topological polar surface area (TPSA) is 79.4 Å². The van der Waals surface area contributed by atoms with E-state index in [4.69, 9.17) is 11.6 Å². The minimum absolute atomic E-state index is 0.130. The van der Waals surface area contributed by atoms with Crippen LogP contribution in [0.2, 0.25) is 5.02 Å². The van der Waals surface area contributed by atoms with Crippen molar-refractivity contribution in [3.05, 3.63) is 81.3 Å². The maximum absolute atomic E-state index is 12.3. The van der Waals surface area contributed by atoms with Gasteiger partial charge in [0.05, 0.1) is 6.26 Å². The molecule has 1 N–H and O–H groups in total. The van der Waals surface area contributed by atoms with Gasteiger partial charge in [0.25, 0.3) is 5.91 Å². The monoisotopic (exact) mass is 463 g/mol. The Labute approximate surface area is 185 Å². The van der Waals surface area contributed by atoms with E-state index in [-0.39, 0.29) is 5.69 Å². The van der Waals surface area contributed by atoms with Crippen molar-refractivity contribution in [2.24, 2.45) is 0 Å². The van der Waals surface area contributed by atoms with Crippen LogP contribution in [0.25, 0.3) is 0 Å². The molecular formula is C21H22ClN3O3S2. The molecule has 158 valence electrons. The summed E-state index contributed by atoms with van der Waals surface area (Å²) >= 11 is 7.35. The van der Waals surface area contributed by atoms with Crippen LogP contribution in [0.4, 0.5) is 5.13 Å². The lowest BCUT2D eigenvalue weighted by Crippen LogP contribution is -2.30. The molecule has 0 saturated heterocycles. The molecule has 6 nitrogen and oxygen atoms in total. The molecule has 0 aliphatic rings. The van der Waals surface area contributed by atoms with Crippen molar-refractivity contribution in [1.82, 2.24) is 9.71 Å². The minimum Gasteiger partial charge on any atom is -0.343 e. The first-order valence-corrected chi connectivity index (χ1v) is 12.3. The number of anilines is 1. The molecule has 0 atom stereocenters. The molecule has 2 aromatic carbocycles. The third kappa shape index (κ3) is 6.29. The number of nitrogens with zero attached hydrogens (tertiary/aromatic N) is 2. The van der Waals surface area contributed by atoms with E-state index in [2.05, 4.69) is 9.88 Å². The molecule has 3 aromatic rings. The summed E-state index contributed by atoms with van der Waals surface area (Å²) in [6, 6.07) is 17.7. The molecule has 3 rings (SSSR count). The average Bonchev–Trinajstić information content (AvgIpc) is 3.08. The van der Waals surface area contributed by atoms with Crippen LogP contribution >= 0.6 is 22.9 Å². The Kier molecular flexibility index (Phi) is 7.12. The first kappa shape index (κ1) is 22.3. The van der Waals surface area contributed by atoms with E-state index < -0.39 is 15.9 Å². The summed E-state index contributed by atoms with van der Waals surface area (Å²) in [4.78, 5) is 19.5. The molecule has 1 heterocycles. The number of hydrogen-bond acceptors (Lipinski definition) is 6. The number of sulfonamides is 1. The van der Waals surface area contributed by atoms with Gasteiger partial charge in [0, 0.05) is 23.0 Å². The highest BCUT2D eigenvalue weighted by molar-refractivity contribution is 7.89. The summed E-state index contributed by atoms with van der Waals surface area (Å²) in [5.41, 5.74) is 2.38. The lowest BCUT2D eigenvalue weighted by molar-refractivity contribution is 0.0977. The van der Waals surface area contributed by atoms with Crippen LogP contribution in [0.3, 0.4) is 0 Å². The Morgan fingerprint density at radius 3 is 2.40 bits per heavy atom. The van der Waals surface area contributed by atoms with Crippen LogP contribution in [-0.4, -0.2) is 32.1 Å². The molecular weight excluding hydrogens is 442 g/mol. The molecule has 0 unspecified atom stereocenters. The van der Waals surface area contributed by atoms with Gasteiger partial charge in [-0.1, -0.05) is 54.1 Å². The summed E-state index contributed by atoms with van der Waals surface area (Å²) in [5, 5.41) is 1.36. The van der Waals surface area contributed by atoms with Gasteiger partial charge in [0.1, 0.15) is 5.69 Å². The molecule has 0 aliphatic heterocycles. The summed E-state index contributed by atoms with van der Waals surface area (Å²) in [6.45, 7) is 3.06. The number of carbonyl (C=O) groups is 1. The number of aromatic nitrogens is 1. The predicted octanol–water partition coefficient (Wildman–Crippen LogP) is 4.04. The third-order valence-electron chi connectivity index (χ3n) is 4.35. The fourth-order valence-corrected chi connectivity index (χ4v) is 4.40. The van der Waals surface area contributed by atoms with Gasteiger partial charge < -0.3 is 4.90 Å². The minimum atomic E-state index is -3.66. The number of nitrogens with one attached hydrogen (secondary N) is 1. The molecule has 0 aliphatic carbocycles. The highest BCUT2D eigenvalue weighted by Crippen LogP contribution is 2.27. The number of aryl methyl sites for hydroxylation is 1. The van der Waals surface area contributed by atoms with Gasteiger partial charge in [-0.05, 0) is 36.6 Å². The van der Waals surface area contributed by atoms with E-state index >= 15 is 0 Å². The van der Waals surface area contributed by atoms with Gasteiger partial charge in [-0.15, -0.1) is 11.3 Å². The van der Waals surface area contributed by atoms with Crippen LogP contribution in [0.5, 0.6) is 0 Å². The number of thiazole rings is 1. The van der Waals surface area contributed by atoms with Gasteiger partial charge in [0.15, 0.2) is 5.13 Å². The molecule has 0 spiro atoms. The highest BCUT2D eigenvalue weighted by atomic mass is 35.5. The summed E-state index contributed by atoms with van der Waals surface area (Å²) < 4.78 is 24.8. The number of benzene rings is 2. The standard InChI is InChI=1S/C21H22ClN3O3S2/c1-15-19(20(26)24-30(2,27)28)23-21(29-15)25(14-17-6-4-3-5-7-17)13-12-16-8-10-18(22)11-9-16/h3-11H,12-14H2,1-2H3,(H,24,26). The van der Waals surface area contributed by atoms with Crippen molar-refractivity contribution in [2.75, 3.05) is 17.7 Å². The second kappa shape index (κ2) is 9.59. The Morgan fingerprint density at radius 1 is 1.10 bits per heavy atom. The van der Waals surface area contributed by atoms with Crippen LogP contribution in [0, 0.1) is 6.92 Å². The zero-order valence-corrected chi connectivity index (χ0v) is 19.0. The zero-order valence-electron chi connectivity index (χ0n) is 16.6. The Bertz CT molecular complexity index is 1110. The first-order valence-electron chi connectivity index (χ1n) is 9.24. The maximum Gasteiger partial charge on any atom is 0.284 e. The van der Waals surface area contributed by atoms with Gasteiger partial charge in [-0.25, -0.2) is 18.1 Å². The Morgan fingerprint density at radius 2 is 1.77 bits per heavy atom. The summed E-state index contributed by atoms with van der Waals surface area (Å²) in [5.74, 6) is -0.713. The van der Waals surface area contributed by atoms with Crippen LogP contribution in [0.1, 0.15) is 26.5 Å². The van der Waals surface area contributed by atoms with Crippen molar-refractivity contribution in [2.45, 2.75) is 19.9 Å². The van der Waals surface area contributed by atoms with E-state index in [1.165, 1.54) is 11.3 Å². The SMILES string of the molecule is Cc1sc(N(CCc2ccc(Cl)cc2)Cc2ccccc2)nc1C(=O)NS(C)(=O)=O. The van der Waals surface area contributed by atoms with Crippen molar-refractivity contribution in [1.29, 1.82) is 0 Å². The third-order valence-corrected chi connectivity index (χ3v) is 6.19. The molecule has 0 bridgehead atoms. The number of carbonyl (C=O) groups excluding carboxylic acids is 1. The van der Waals surface area contributed by atoms with E-state index in [9.17, 15) is 13.2 Å². The van der Waals surface area contributed by atoms with Gasteiger partial charge in [-0.2, -0.15) is 0 Å². The van der Waals surface area contributed by atoms with Crippen molar-refractivity contribution in [3.8, 4) is 0 Å². The van der Waals surface area contributed by atoms with Crippen molar-refractivity contribution < 1.29 is 13.2 Å². The molecule has 1 amide bonds. The second-order valence-corrected chi connectivity index (χ2v) is 10.3. The fraction of sp³-hybridized carbons (Fsp3) is 0.238. The quantitative estimate of drug-likeness (QED) is 0.545. The Balaban J connectivity index is 1.84. The second-order valence-electron chi connectivity index (χ2n) is 6.89. The van der Waals surface area contributed by atoms with Crippen LogP contribution in [-0.2, 0) is 23.0 Å².